The summed E-state index contributed by atoms with van der Waals surface area (Å²) in [7, 11) is 0. The standard InChI is InChI=1S/C13H19F3N4O/c1-2-17-10-6-11(20-12(19-10)13(14,15)16)18-9-5-3-4-8(9)7-21/h6,8-9,21H,2-5,7H2,1H3,(H2,17,18,19,20). The van der Waals surface area contributed by atoms with Crippen LogP contribution in [0.15, 0.2) is 6.07 Å². The second-order valence-electron chi connectivity index (χ2n) is 5.11. The highest BCUT2D eigenvalue weighted by atomic mass is 19.4. The van der Waals surface area contributed by atoms with Gasteiger partial charge < -0.3 is 15.7 Å². The Balaban J connectivity index is 2.23. The molecule has 0 aliphatic heterocycles. The van der Waals surface area contributed by atoms with Gasteiger partial charge in [0, 0.05) is 31.2 Å². The van der Waals surface area contributed by atoms with Crippen molar-refractivity contribution >= 4 is 11.6 Å². The highest BCUT2D eigenvalue weighted by Crippen LogP contribution is 2.31. The van der Waals surface area contributed by atoms with Gasteiger partial charge in [-0.15, -0.1) is 0 Å². The molecule has 1 saturated carbocycles. The van der Waals surface area contributed by atoms with Gasteiger partial charge in [-0.3, -0.25) is 0 Å². The molecular formula is C13H19F3N4O. The number of aliphatic hydroxyl groups is 1. The van der Waals surface area contributed by atoms with Crippen molar-refractivity contribution in [3.05, 3.63) is 11.9 Å². The number of hydrogen-bond acceptors (Lipinski definition) is 5. The first kappa shape index (κ1) is 15.8. The Kier molecular flexibility index (Phi) is 4.87. The molecule has 21 heavy (non-hydrogen) atoms. The Bertz CT molecular complexity index is 481. The number of rotatable bonds is 5. The smallest absolute Gasteiger partial charge is 0.396 e. The molecule has 2 unspecified atom stereocenters. The fourth-order valence-electron chi connectivity index (χ4n) is 2.55. The van der Waals surface area contributed by atoms with E-state index in [9.17, 15) is 18.3 Å². The molecule has 2 atom stereocenters. The molecule has 1 fully saturated rings. The van der Waals surface area contributed by atoms with Crippen LogP contribution in [0, 0.1) is 5.92 Å². The summed E-state index contributed by atoms with van der Waals surface area (Å²) in [5.74, 6) is -0.835. The lowest BCUT2D eigenvalue weighted by molar-refractivity contribution is -0.144. The van der Waals surface area contributed by atoms with Crippen molar-refractivity contribution in [3.63, 3.8) is 0 Å². The van der Waals surface area contributed by atoms with Crippen molar-refractivity contribution in [2.45, 2.75) is 38.4 Å². The molecule has 0 spiro atoms. The van der Waals surface area contributed by atoms with E-state index in [0.29, 0.717) is 6.54 Å². The predicted molar refractivity (Wildman–Crippen MR) is 73.0 cm³/mol. The Hall–Kier alpha value is -1.57. The lowest BCUT2D eigenvalue weighted by Crippen LogP contribution is -2.27. The fourth-order valence-corrected chi connectivity index (χ4v) is 2.55. The van der Waals surface area contributed by atoms with E-state index >= 15 is 0 Å². The van der Waals surface area contributed by atoms with E-state index in [0.717, 1.165) is 19.3 Å². The summed E-state index contributed by atoms with van der Waals surface area (Å²) in [5, 5.41) is 15.0. The zero-order chi connectivity index (χ0) is 15.5. The van der Waals surface area contributed by atoms with Crippen LogP contribution in [0.2, 0.25) is 0 Å². The summed E-state index contributed by atoms with van der Waals surface area (Å²) in [4.78, 5) is 7.02. The number of nitrogens with zero attached hydrogens (tertiary/aromatic N) is 2. The average Bonchev–Trinajstić information content (AvgIpc) is 2.85. The Morgan fingerprint density at radius 1 is 1.29 bits per heavy atom. The van der Waals surface area contributed by atoms with Gasteiger partial charge in [0.15, 0.2) is 0 Å². The molecule has 2 rings (SSSR count). The van der Waals surface area contributed by atoms with Gasteiger partial charge in [0.2, 0.25) is 5.82 Å². The molecule has 0 amide bonds. The molecule has 0 bridgehead atoms. The SMILES string of the molecule is CCNc1cc(NC2CCCC2CO)nc(C(F)(F)F)n1. The molecule has 1 aliphatic rings. The van der Waals surface area contributed by atoms with Crippen LogP contribution >= 0.6 is 0 Å². The first-order chi connectivity index (χ1) is 9.94. The maximum atomic E-state index is 12.8. The molecule has 5 nitrogen and oxygen atoms in total. The van der Waals surface area contributed by atoms with Gasteiger partial charge in [0.05, 0.1) is 0 Å². The molecule has 0 saturated heterocycles. The van der Waals surface area contributed by atoms with Crippen LogP contribution in [-0.2, 0) is 6.18 Å². The normalized spacial score (nSPS) is 22.3. The molecule has 1 aliphatic carbocycles. The molecular weight excluding hydrogens is 285 g/mol. The van der Waals surface area contributed by atoms with Crippen LogP contribution in [0.4, 0.5) is 24.8 Å². The van der Waals surface area contributed by atoms with Crippen LogP contribution in [0.3, 0.4) is 0 Å². The maximum absolute atomic E-state index is 12.8. The van der Waals surface area contributed by atoms with Crippen LogP contribution < -0.4 is 10.6 Å². The van der Waals surface area contributed by atoms with E-state index in [4.69, 9.17) is 0 Å². The monoisotopic (exact) mass is 304 g/mol. The third-order valence-electron chi connectivity index (χ3n) is 3.56. The summed E-state index contributed by atoms with van der Waals surface area (Å²) in [5.41, 5.74) is 0. The highest BCUT2D eigenvalue weighted by Gasteiger charge is 2.36. The lowest BCUT2D eigenvalue weighted by atomic mass is 10.1. The van der Waals surface area contributed by atoms with Crippen LogP contribution in [0.5, 0.6) is 0 Å². The Labute approximate surface area is 121 Å². The molecule has 118 valence electrons. The zero-order valence-electron chi connectivity index (χ0n) is 11.7. The first-order valence-corrected chi connectivity index (χ1v) is 7.01. The van der Waals surface area contributed by atoms with Crippen molar-refractivity contribution in [2.24, 2.45) is 5.92 Å². The topological polar surface area (TPSA) is 70.1 Å². The van der Waals surface area contributed by atoms with Gasteiger partial charge in [-0.2, -0.15) is 13.2 Å². The minimum absolute atomic E-state index is 0.0228. The van der Waals surface area contributed by atoms with Gasteiger partial charge in [0.1, 0.15) is 11.6 Å². The quantitative estimate of drug-likeness (QED) is 0.780. The average molecular weight is 304 g/mol. The van der Waals surface area contributed by atoms with Crippen LogP contribution in [0.25, 0.3) is 0 Å². The van der Waals surface area contributed by atoms with Crippen molar-refractivity contribution in [1.29, 1.82) is 0 Å². The largest absolute Gasteiger partial charge is 0.451 e. The summed E-state index contributed by atoms with van der Waals surface area (Å²) in [6, 6.07) is 1.41. The minimum atomic E-state index is -4.59. The third-order valence-corrected chi connectivity index (χ3v) is 3.56. The van der Waals surface area contributed by atoms with E-state index < -0.39 is 12.0 Å². The summed E-state index contributed by atoms with van der Waals surface area (Å²) < 4.78 is 38.5. The van der Waals surface area contributed by atoms with Gasteiger partial charge in [-0.05, 0) is 19.8 Å². The number of nitrogens with one attached hydrogen (secondary N) is 2. The second-order valence-corrected chi connectivity index (χ2v) is 5.11. The number of aromatic nitrogens is 2. The first-order valence-electron chi connectivity index (χ1n) is 7.01. The van der Waals surface area contributed by atoms with E-state index in [2.05, 4.69) is 20.6 Å². The molecule has 8 heteroatoms. The fraction of sp³-hybridized carbons (Fsp3) is 0.692. The number of hydrogen-bond donors (Lipinski definition) is 3. The number of alkyl halides is 3. The zero-order valence-corrected chi connectivity index (χ0v) is 11.7. The van der Waals surface area contributed by atoms with Crippen LogP contribution in [0.1, 0.15) is 32.0 Å². The maximum Gasteiger partial charge on any atom is 0.451 e. The minimum Gasteiger partial charge on any atom is -0.396 e. The third kappa shape index (κ3) is 3.96. The Morgan fingerprint density at radius 2 is 2.00 bits per heavy atom. The van der Waals surface area contributed by atoms with Crippen molar-refractivity contribution in [2.75, 3.05) is 23.8 Å². The molecule has 0 radical (unpaired) electrons. The van der Waals surface area contributed by atoms with Crippen molar-refractivity contribution in [1.82, 2.24) is 9.97 Å². The molecule has 1 aromatic rings. The van der Waals surface area contributed by atoms with Crippen molar-refractivity contribution in [3.8, 4) is 0 Å². The summed E-state index contributed by atoms with van der Waals surface area (Å²) in [6.07, 6.45) is -1.97. The summed E-state index contributed by atoms with van der Waals surface area (Å²) in [6.45, 7) is 2.27. The second kappa shape index (κ2) is 6.46. The lowest BCUT2D eigenvalue weighted by Gasteiger charge is -2.20. The number of halogens is 3. The summed E-state index contributed by atoms with van der Waals surface area (Å²) >= 11 is 0. The van der Waals surface area contributed by atoms with E-state index in [1.54, 1.807) is 6.92 Å². The van der Waals surface area contributed by atoms with Crippen molar-refractivity contribution < 1.29 is 18.3 Å². The number of aliphatic hydroxyl groups excluding tert-OH is 1. The van der Waals surface area contributed by atoms with Gasteiger partial charge in [0.25, 0.3) is 0 Å². The van der Waals surface area contributed by atoms with E-state index in [1.165, 1.54) is 6.07 Å². The predicted octanol–water partition coefficient (Wildman–Crippen LogP) is 2.50. The molecule has 0 aromatic carbocycles. The molecule has 1 heterocycles. The van der Waals surface area contributed by atoms with E-state index in [-0.39, 0.29) is 30.2 Å². The molecule has 3 N–H and O–H groups in total. The number of anilines is 2. The van der Waals surface area contributed by atoms with E-state index in [1.807, 2.05) is 0 Å². The molecule has 1 aromatic heterocycles. The highest BCUT2D eigenvalue weighted by molar-refractivity contribution is 5.48. The van der Waals surface area contributed by atoms with Gasteiger partial charge in [-0.25, -0.2) is 9.97 Å². The Morgan fingerprint density at radius 3 is 2.62 bits per heavy atom. The van der Waals surface area contributed by atoms with Gasteiger partial charge in [-0.1, -0.05) is 6.42 Å². The van der Waals surface area contributed by atoms with Crippen LogP contribution in [-0.4, -0.2) is 34.3 Å². The van der Waals surface area contributed by atoms with Gasteiger partial charge >= 0.3 is 6.18 Å².